The van der Waals surface area contributed by atoms with Gasteiger partial charge in [0.1, 0.15) is 6.10 Å². The first-order valence-corrected chi connectivity index (χ1v) is 12.5. The van der Waals surface area contributed by atoms with E-state index in [-0.39, 0.29) is 17.5 Å². The molecule has 0 amide bonds. The zero-order valence-corrected chi connectivity index (χ0v) is 19.6. The van der Waals surface area contributed by atoms with E-state index in [1.807, 2.05) is 66.7 Å². The zero-order chi connectivity index (χ0) is 24.4. The number of fused-ring (bicyclic) bond motifs is 2. The lowest BCUT2D eigenvalue weighted by Crippen LogP contribution is -2.60. The van der Waals surface area contributed by atoms with E-state index in [9.17, 15) is 19.5 Å². The van der Waals surface area contributed by atoms with Crippen molar-refractivity contribution in [1.29, 1.82) is 0 Å². The van der Waals surface area contributed by atoms with Crippen LogP contribution in [0.2, 0.25) is 0 Å². The summed E-state index contributed by atoms with van der Waals surface area (Å²) in [4.78, 5) is 39.4. The van der Waals surface area contributed by atoms with Crippen LogP contribution < -0.4 is 5.32 Å². The topological polar surface area (TPSA) is 92.7 Å². The van der Waals surface area contributed by atoms with Gasteiger partial charge in [-0.25, -0.2) is 4.79 Å². The second kappa shape index (κ2) is 9.88. The van der Waals surface area contributed by atoms with Crippen LogP contribution in [-0.2, 0) is 25.7 Å². The highest BCUT2D eigenvalue weighted by Gasteiger charge is 2.61. The minimum Gasteiger partial charge on any atom is -0.460 e. The summed E-state index contributed by atoms with van der Waals surface area (Å²) in [5, 5.41) is 14.4. The summed E-state index contributed by atoms with van der Waals surface area (Å²) in [6.45, 7) is 0.468. The van der Waals surface area contributed by atoms with Gasteiger partial charge >= 0.3 is 5.97 Å². The summed E-state index contributed by atoms with van der Waals surface area (Å²) < 4.78 is 5.80. The molecule has 2 aromatic carbocycles. The predicted molar refractivity (Wildman–Crippen MR) is 130 cm³/mol. The van der Waals surface area contributed by atoms with E-state index in [4.69, 9.17) is 4.74 Å². The van der Waals surface area contributed by atoms with E-state index in [0.717, 1.165) is 24.0 Å². The predicted octanol–water partition coefficient (Wildman–Crippen LogP) is 3.69. The highest BCUT2D eigenvalue weighted by atomic mass is 16.6. The molecule has 2 N–H and O–H groups in total. The van der Waals surface area contributed by atoms with Crippen LogP contribution in [-0.4, -0.2) is 34.9 Å². The third-order valence-corrected chi connectivity index (χ3v) is 8.03. The number of aliphatic hydroxyl groups is 1. The van der Waals surface area contributed by atoms with Gasteiger partial charge in [0.05, 0.1) is 17.4 Å². The lowest BCUT2D eigenvalue weighted by Gasteiger charge is -2.52. The fourth-order valence-electron chi connectivity index (χ4n) is 6.21. The van der Waals surface area contributed by atoms with Crippen molar-refractivity contribution in [2.45, 2.75) is 56.9 Å². The molecule has 0 saturated heterocycles. The molecule has 0 aromatic heterocycles. The SMILES string of the molecule is O=C(O[C@H]1CC2CCC1C(=O)C21CCC=CC1=O)[C@H](O)[C@@H](NCc1ccccc1)c1ccccc1. The molecule has 35 heavy (non-hydrogen) atoms. The number of ketones is 2. The lowest BCUT2D eigenvalue weighted by molar-refractivity contribution is -0.181. The number of ether oxygens (including phenoxy) is 1. The summed E-state index contributed by atoms with van der Waals surface area (Å²) in [7, 11) is 0. The van der Waals surface area contributed by atoms with Crippen LogP contribution in [0.5, 0.6) is 0 Å². The molecule has 6 rings (SSSR count). The molecule has 1 spiro atoms. The maximum atomic E-state index is 13.4. The van der Waals surface area contributed by atoms with Gasteiger partial charge in [0, 0.05) is 6.54 Å². The number of nitrogens with one attached hydrogen (secondary N) is 1. The Bertz CT molecular complexity index is 1110. The number of rotatable bonds is 7. The Labute approximate surface area is 205 Å². The van der Waals surface area contributed by atoms with Crippen molar-refractivity contribution in [3.05, 3.63) is 83.9 Å². The molecule has 3 saturated carbocycles. The van der Waals surface area contributed by atoms with Crippen molar-refractivity contribution in [2.75, 3.05) is 0 Å². The monoisotopic (exact) mass is 473 g/mol. The van der Waals surface area contributed by atoms with Crippen molar-refractivity contribution in [2.24, 2.45) is 17.3 Å². The Hall–Kier alpha value is -3.09. The Morgan fingerprint density at radius 3 is 2.46 bits per heavy atom. The van der Waals surface area contributed by atoms with Gasteiger partial charge in [-0.05, 0) is 55.2 Å². The quantitative estimate of drug-likeness (QED) is 0.471. The largest absolute Gasteiger partial charge is 0.460 e. The van der Waals surface area contributed by atoms with E-state index in [2.05, 4.69) is 5.32 Å². The van der Waals surface area contributed by atoms with Crippen LogP contribution in [0.15, 0.2) is 72.8 Å². The molecule has 0 aliphatic heterocycles. The van der Waals surface area contributed by atoms with E-state index in [1.165, 1.54) is 0 Å². The number of aliphatic hydroxyl groups excluding tert-OH is 1. The zero-order valence-electron chi connectivity index (χ0n) is 19.6. The van der Waals surface area contributed by atoms with E-state index >= 15 is 0 Å². The lowest BCUT2D eigenvalue weighted by atomic mass is 9.50. The van der Waals surface area contributed by atoms with Crippen LogP contribution in [0.1, 0.15) is 49.3 Å². The number of carbonyl (C=O) groups is 3. The van der Waals surface area contributed by atoms with Crippen molar-refractivity contribution in [1.82, 2.24) is 5.32 Å². The number of esters is 1. The first-order valence-electron chi connectivity index (χ1n) is 12.5. The van der Waals surface area contributed by atoms with Crippen molar-refractivity contribution < 1.29 is 24.2 Å². The summed E-state index contributed by atoms with van der Waals surface area (Å²) in [6.07, 6.45) is 4.51. The highest BCUT2D eigenvalue weighted by molar-refractivity contribution is 6.14. The molecule has 2 aromatic rings. The average Bonchev–Trinajstić information content (AvgIpc) is 2.89. The molecule has 3 unspecified atom stereocenters. The van der Waals surface area contributed by atoms with Gasteiger partial charge in [-0.1, -0.05) is 66.7 Å². The number of carbonyl (C=O) groups excluding carboxylic acids is 3. The molecule has 3 fully saturated rings. The number of hydrogen-bond donors (Lipinski definition) is 2. The molecule has 182 valence electrons. The average molecular weight is 474 g/mol. The summed E-state index contributed by atoms with van der Waals surface area (Å²) in [5.74, 6) is -1.52. The molecule has 2 bridgehead atoms. The summed E-state index contributed by atoms with van der Waals surface area (Å²) in [5.41, 5.74) is 0.858. The molecule has 4 aliphatic rings. The van der Waals surface area contributed by atoms with Gasteiger partial charge in [0.25, 0.3) is 0 Å². The van der Waals surface area contributed by atoms with Crippen LogP contribution in [0, 0.1) is 17.3 Å². The standard InChI is InChI=1S/C29H31NO5/c31-24-13-7-8-16-29(24)21-14-15-22(27(29)33)23(17-21)35-28(34)26(32)25(20-11-5-2-6-12-20)30-18-19-9-3-1-4-10-19/h1-7,9-13,21-23,25-26,30,32H,8,14-18H2/t21?,22?,23-,25-,26+,29?/m0/s1. The van der Waals surface area contributed by atoms with Crippen LogP contribution in [0.3, 0.4) is 0 Å². The van der Waals surface area contributed by atoms with Crippen molar-refractivity contribution >= 4 is 17.5 Å². The second-order valence-electron chi connectivity index (χ2n) is 9.93. The van der Waals surface area contributed by atoms with Gasteiger partial charge < -0.3 is 15.2 Å². The molecule has 4 aliphatic carbocycles. The minimum absolute atomic E-state index is 0.0801. The van der Waals surface area contributed by atoms with Gasteiger partial charge in [-0.15, -0.1) is 0 Å². The third-order valence-electron chi connectivity index (χ3n) is 8.03. The molecule has 0 heterocycles. The molecule has 6 atom stereocenters. The Balaban J connectivity index is 1.30. The van der Waals surface area contributed by atoms with E-state index in [1.54, 1.807) is 6.08 Å². The molecule has 0 radical (unpaired) electrons. The Morgan fingerprint density at radius 1 is 1.06 bits per heavy atom. The third kappa shape index (κ3) is 4.37. The number of benzene rings is 2. The number of allylic oxidation sites excluding steroid dienone is 2. The van der Waals surface area contributed by atoms with Crippen LogP contribution >= 0.6 is 0 Å². The summed E-state index contributed by atoms with van der Waals surface area (Å²) in [6, 6.07) is 18.4. The van der Waals surface area contributed by atoms with Crippen molar-refractivity contribution in [3.8, 4) is 0 Å². The van der Waals surface area contributed by atoms with Gasteiger partial charge in [0.2, 0.25) is 0 Å². The molecule has 6 heteroatoms. The van der Waals surface area contributed by atoms with Gasteiger partial charge in [0.15, 0.2) is 17.7 Å². The maximum Gasteiger partial charge on any atom is 0.337 e. The molecule has 6 nitrogen and oxygen atoms in total. The van der Waals surface area contributed by atoms with E-state index < -0.39 is 35.6 Å². The van der Waals surface area contributed by atoms with Gasteiger partial charge in [-0.3, -0.25) is 9.59 Å². The van der Waals surface area contributed by atoms with Crippen LogP contribution in [0.4, 0.5) is 0 Å². The Kier molecular flexibility index (Phi) is 6.67. The fraction of sp³-hybridized carbons (Fsp3) is 0.414. The fourth-order valence-corrected chi connectivity index (χ4v) is 6.21. The maximum absolute atomic E-state index is 13.4. The van der Waals surface area contributed by atoms with E-state index in [0.29, 0.717) is 25.8 Å². The minimum atomic E-state index is -1.44. The molecular formula is C29H31NO5. The highest BCUT2D eigenvalue weighted by Crippen LogP contribution is 2.55. The first-order chi connectivity index (χ1) is 17.0. The Morgan fingerprint density at radius 2 is 1.77 bits per heavy atom. The number of Topliss-reactive ketones (excluding diaryl/α,β-unsaturated/α-hetero) is 1. The second-order valence-corrected chi connectivity index (χ2v) is 9.93. The first kappa shape index (κ1) is 23.6. The van der Waals surface area contributed by atoms with Crippen LogP contribution in [0.25, 0.3) is 0 Å². The normalized spacial score (nSPS) is 29.2. The van der Waals surface area contributed by atoms with Crippen molar-refractivity contribution in [3.63, 3.8) is 0 Å². The summed E-state index contributed by atoms with van der Waals surface area (Å²) >= 11 is 0. The molecular weight excluding hydrogens is 442 g/mol. The van der Waals surface area contributed by atoms with Gasteiger partial charge in [-0.2, -0.15) is 0 Å². The smallest absolute Gasteiger partial charge is 0.337 e. The number of hydrogen-bond acceptors (Lipinski definition) is 6.